The van der Waals surface area contributed by atoms with Gasteiger partial charge in [0.2, 0.25) is 27.6 Å². The normalized spacial score (nSPS) is 12.1. The van der Waals surface area contributed by atoms with Crippen LogP contribution >= 0.6 is 11.6 Å². The molecular formula is C31H20ClN7Na4O16S5. The molecule has 6 aromatic rings. The number of hydrogen-bond acceptors (Lipinski definition) is 23. The van der Waals surface area contributed by atoms with Gasteiger partial charge in [-0.15, -0.1) is 10.2 Å². The van der Waals surface area contributed by atoms with Crippen LogP contribution in [0.3, 0.4) is 0 Å². The first-order valence-electron chi connectivity index (χ1n) is 15.8. The average Bonchev–Trinajstić information content (AvgIpc) is 3.12. The predicted octanol–water partition coefficient (Wildman–Crippen LogP) is -8.58. The van der Waals surface area contributed by atoms with Crippen LogP contribution in [-0.2, 0) is 54.8 Å². The molecule has 0 spiro atoms. The number of nitrogens with one attached hydrogen (secondary N) is 2. The van der Waals surface area contributed by atoms with Crippen molar-refractivity contribution in [2.45, 2.75) is 19.6 Å². The predicted molar refractivity (Wildman–Crippen MR) is 203 cm³/mol. The van der Waals surface area contributed by atoms with Crippen LogP contribution in [0, 0.1) is 0 Å². The molecule has 6 rings (SSSR count). The van der Waals surface area contributed by atoms with E-state index in [9.17, 15) is 65.4 Å². The van der Waals surface area contributed by atoms with Crippen LogP contribution in [0.5, 0.6) is 5.75 Å². The van der Waals surface area contributed by atoms with Gasteiger partial charge in [-0.05, 0) is 70.9 Å². The minimum atomic E-state index is -5.64. The minimum Gasteiger partial charge on any atom is -0.744 e. The van der Waals surface area contributed by atoms with Gasteiger partial charge in [-0.3, -0.25) is 4.18 Å². The number of aromatic hydroxyl groups is 1. The largest absolute Gasteiger partial charge is 1.00 e. The fourth-order valence-corrected chi connectivity index (χ4v) is 8.89. The Morgan fingerprint density at radius 3 is 1.78 bits per heavy atom. The summed E-state index contributed by atoms with van der Waals surface area (Å²) in [5.41, 5.74) is -2.12. The molecule has 1 heterocycles. The zero-order chi connectivity index (χ0) is 44.0. The second-order valence-corrected chi connectivity index (χ2v) is 19.5. The number of phenols is 1. The molecule has 0 fully saturated rings. The van der Waals surface area contributed by atoms with Gasteiger partial charge >= 0.3 is 118 Å². The summed E-state index contributed by atoms with van der Waals surface area (Å²) in [4.78, 5) is 8.28. The monoisotopic (exact) mass is 1030 g/mol. The van der Waals surface area contributed by atoms with Gasteiger partial charge in [0, 0.05) is 16.5 Å². The average molecular weight is 1030 g/mol. The zero-order valence-electron chi connectivity index (χ0n) is 33.1. The van der Waals surface area contributed by atoms with Crippen LogP contribution in [0.1, 0.15) is 0 Å². The summed E-state index contributed by atoms with van der Waals surface area (Å²) in [6, 6.07) is 14.6. The van der Waals surface area contributed by atoms with Crippen molar-refractivity contribution in [3.8, 4) is 5.75 Å². The molecule has 64 heavy (non-hydrogen) atoms. The molecule has 5 aromatic carbocycles. The summed E-state index contributed by atoms with van der Waals surface area (Å²) in [6.45, 7) is -0.935. The number of phenolic OH excluding ortho intramolecular Hbond substituents is 1. The summed E-state index contributed by atoms with van der Waals surface area (Å²) in [5.74, 6) is -2.93. The third kappa shape index (κ3) is 14.5. The van der Waals surface area contributed by atoms with E-state index in [0.29, 0.717) is 23.6 Å². The maximum atomic E-state index is 12.5. The van der Waals surface area contributed by atoms with E-state index < -0.39 is 122 Å². The van der Waals surface area contributed by atoms with Gasteiger partial charge < -0.3 is 34.0 Å². The molecule has 0 bridgehead atoms. The maximum Gasteiger partial charge on any atom is 1.00 e. The van der Waals surface area contributed by atoms with Crippen molar-refractivity contribution < 1.29 is 188 Å². The molecule has 0 aliphatic heterocycles. The number of halogens is 1. The van der Waals surface area contributed by atoms with E-state index >= 15 is 0 Å². The molecule has 0 saturated carbocycles. The number of rotatable bonds is 14. The minimum absolute atomic E-state index is 0. The number of aromatic nitrogens is 3. The van der Waals surface area contributed by atoms with E-state index in [2.05, 4.69) is 40.0 Å². The van der Waals surface area contributed by atoms with Crippen LogP contribution in [0.4, 0.5) is 34.6 Å². The van der Waals surface area contributed by atoms with E-state index in [0.717, 1.165) is 18.2 Å². The van der Waals surface area contributed by atoms with E-state index in [1.54, 1.807) is 6.07 Å². The molecule has 316 valence electrons. The molecule has 0 aliphatic rings. The second kappa shape index (κ2) is 22.7. The molecule has 23 nitrogen and oxygen atoms in total. The summed E-state index contributed by atoms with van der Waals surface area (Å²) >= 11 is 6.10. The Morgan fingerprint density at radius 2 is 1.20 bits per heavy atom. The quantitative estimate of drug-likeness (QED) is 0.0395. The number of fused-ring (bicyclic) bond motifs is 2. The van der Waals surface area contributed by atoms with E-state index in [-0.39, 0.29) is 140 Å². The van der Waals surface area contributed by atoms with Gasteiger partial charge in [0.1, 0.15) is 41.7 Å². The molecule has 33 heteroatoms. The van der Waals surface area contributed by atoms with Crippen LogP contribution in [0.25, 0.3) is 21.5 Å². The van der Waals surface area contributed by atoms with Crippen molar-refractivity contribution in [1.29, 1.82) is 0 Å². The first-order valence-corrected chi connectivity index (χ1v) is 23.4. The fourth-order valence-electron chi connectivity index (χ4n) is 5.45. The molecule has 0 aliphatic carbocycles. The summed E-state index contributed by atoms with van der Waals surface area (Å²) in [5, 5.41) is 23.0. The summed E-state index contributed by atoms with van der Waals surface area (Å²) < 4.78 is 171. The molecule has 0 saturated heterocycles. The molecule has 3 N–H and O–H groups in total. The van der Waals surface area contributed by atoms with Crippen molar-refractivity contribution in [1.82, 2.24) is 15.0 Å². The number of anilines is 4. The van der Waals surface area contributed by atoms with Crippen molar-refractivity contribution in [2.24, 2.45) is 10.2 Å². The topological polar surface area (TPSA) is 380 Å². The van der Waals surface area contributed by atoms with Crippen molar-refractivity contribution >= 4 is 118 Å². The summed E-state index contributed by atoms with van der Waals surface area (Å²) in [7, 11) is -25.5. The molecule has 0 atom stereocenters. The van der Waals surface area contributed by atoms with Gasteiger partial charge in [-0.2, -0.15) is 15.0 Å². The van der Waals surface area contributed by atoms with Crippen LogP contribution in [-0.4, -0.2) is 92.7 Å². The second-order valence-electron chi connectivity index (χ2n) is 11.9. The number of azo groups is 1. The molecule has 0 radical (unpaired) electrons. The molecule has 1 aromatic heterocycles. The van der Waals surface area contributed by atoms with Crippen molar-refractivity contribution in [2.75, 3.05) is 23.0 Å². The SMILES string of the molecule is O=S(=O)([O-])OCCS(=O)(=O)c1ccc(Nc2nc(Cl)nc(Nc3cc(S(=O)(=O)[O-])cc4cc(S(=O)(=O)[O-])c(N=Nc5c(S(=O)(=O)[O-])ccc6ccccc56)c(O)c34)n2)cc1.[Na+].[Na+].[Na+].[Na+]. The van der Waals surface area contributed by atoms with Crippen LogP contribution in [0.2, 0.25) is 5.28 Å². The molecular weight excluding hydrogens is 1010 g/mol. The zero-order valence-corrected chi connectivity index (χ0v) is 46.0. The Labute approximate surface area is 457 Å². The number of benzene rings is 5. The third-order valence-electron chi connectivity index (χ3n) is 7.97. The Kier molecular flexibility index (Phi) is 20.8. The number of nitrogens with zero attached hydrogens (tertiary/aromatic N) is 5. The van der Waals surface area contributed by atoms with Gasteiger partial charge in [-0.25, -0.2) is 42.1 Å². The maximum absolute atomic E-state index is 12.5. The van der Waals surface area contributed by atoms with Crippen molar-refractivity contribution in [3.63, 3.8) is 0 Å². The first-order chi connectivity index (χ1) is 27.8. The summed E-state index contributed by atoms with van der Waals surface area (Å²) in [6.07, 6.45) is 0. The Balaban J connectivity index is 0.00000352. The number of hydrogen-bond donors (Lipinski definition) is 3. The van der Waals surface area contributed by atoms with Crippen molar-refractivity contribution in [3.05, 3.63) is 84.1 Å². The molecule has 0 unspecified atom stereocenters. The standard InChI is InChI=1S/C31H24ClN7O16S5.4Na/c32-29-35-30(33-18-6-8-19(9-7-18)56(41,42)12-11-55-60(52,53)54)37-31(36-29)34-22-15-20(57(43,44)45)13-17-14-24(59(49,50)51)27(28(40)25(17)22)39-38-26-21-4-2-1-3-16(21)5-10-23(26)58(46,47)48;;;;/h1-10,13-15,40H,11-12H2,(H,43,44,45)(H,46,47,48)(H,49,50,51)(H,52,53,54)(H2,33,34,35,36,37);;;;/q;4*+1/p-4. The Hall–Kier alpha value is -1.53. The van der Waals surface area contributed by atoms with E-state index in [4.69, 9.17) is 11.6 Å². The fraction of sp³-hybridized carbons (Fsp3) is 0.0645. The van der Waals surface area contributed by atoms with Gasteiger partial charge in [0.25, 0.3) is 0 Å². The van der Waals surface area contributed by atoms with E-state index in [1.807, 2.05) is 0 Å². The van der Waals surface area contributed by atoms with Crippen LogP contribution < -0.4 is 129 Å². The molecule has 0 amide bonds. The van der Waals surface area contributed by atoms with Gasteiger partial charge in [-0.1, -0.05) is 30.3 Å². The first kappa shape index (κ1) is 58.6. The van der Waals surface area contributed by atoms with Gasteiger partial charge in [0.05, 0.1) is 37.6 Å². The Morgan fingerprint density at radius 1 is 0.625 bits per heavy atom. The third-order valence-corrected chi connectivity index (χ3v) is 12.8. The number of sulfone groups is 1. The Bertz CT molecular complexity index is 3360. The van der Waals surface area contributed by atoms with E-state index in [1.165, 1.54) is 36.4 Å². The van der Waals surface area contributed by atoms with Crippen LogP contribution in [0.15, 0.2) is 109 Å². The van der Waals surface area contributed by atoms with Gasteiger partial charge in [0.15, 0.2) is 15.6 Å². The smallest absolute Gasteiger partial charge is 0.744 e.